The Balaban J connectivity index is 2.04. The number of para-hydroxylation sites is 1. The van der Waals surface area contributed by atoms with Crippen molar-refractivity contribution < 1.29 is 14.3 Å². The number of rotatable bonds is 5. The first kappa shape index (κ1) is 18.0. The van der Waals surface area contributed by atoms with E-state index in [1.54, 1.807) is 0 Å². The minimum Gasteiger partial charge on any atom is -0.464 e. The van der Waals surface area contributed by atoms with Crippen LogP contribution in [0.1, 0.15) is 32.4 Å². The quantitative estimate of drug-likeness (QED) is 0.761. The number of benzene rings is 2. The summed E-state index contributed by atoms with van der Waals surface area (Å²) in [5.41, 5.74) is 1.71. The molecule has 0 saturated carbocycles. The van der Waals surface area contributed by atoms with Crippen LogP contribution in [0.5, 0.6) is 0 Å². The van der Waals surface area contributed by atoms with E-state index in [2.05, 4.69) is 4.99 Å². The van der Waals surface area contributed by atoms with Crippen LogP contribution in [0.3, 0.4) is 0 Å². The SMILES string of the molecule is CCOC(=O)[C@H]1[C@H](c2ccccc2)OC(=Nc2ccccc2)N1C(C)C. The molecule has 0 spiro atoms. The molecule has 3 rings (SSSR count). The molecule has 1 aliphatic heterocycles. The van der Waals surface area contributed by atoms with Crippen LogP contribution in [0.4, 0.5) is 5.69 Å². The minimum atomic E-state index is -0.570. The number of aliphatic imine (C=N–C) groups is 1. The van der Waals surface area contributed by atoms with E-state index < -0.39 is 12.1 Å². The predicted molar refractivity (Wildman–Crippen MR) is 101 cm³/mol. The second-order valence-electron chi connectivity index (χ2n) is 6.38. The summed E-state index contributed by atoms with van der Waals surface area (Å²) in [5, 5.41) is 0. The molecular formula is C21H24N2O3. The monoisotopic (exact) mass is 352 g/mol. The van der Waals surface area contributed by atoms with Gasteiger partial charge in [-0.15, -0.1) is 0 Å². The maximum absolute atomic E-state index is 12.7. The Labute approximate surface area is 154 Å². The van der Waals surface area contributed by atoms with Crippen LogP contribution in [0.2, 0.25) is 0 Å². The Morgan fingerprint density at radius 1 is 1.12 bits per heavy atom. The van der Waals surface area contributed by atoms with Gasteiger partial charge in [0.2, 0.25) is 0 Å². The Morgan fingerprint density at radius 2 is 1.73 bits per heavy atom. The van der Waals surface area contributed by atoms with Crippen LogP contribution in [-0.4, -0.2) is 35.6 Å². The molecule has 1 fully saturated rings. The maximum atomic E-state index is 12.7. The highest BCUT2D eigenvalue weighted by Gasteiger charge is 2.47. The van der Waals surface area contributed by atoms with Crippen molar-refractivity contribution in [1.82, 2.24) is 4.90 Å². The average Bonchev–Trinajstić information content (AvgIpc) is 3.03. The van der Waals surface area contributed by atoms with Gasteiger partial charge in [0.15, 0.2) is 12.1 Å². The lowest BCUT2D eigenvalue weighted by molar-refractivity contribution is -0.149. The zero-order chi connectivity index (χ0) is 18.5. The Bertz CT molecular complexity index is 759. The number of ether oxygens (including phenoxy) is 2. The number of hydrogen-bond donors (Lipinski definition) is 0. The second-order valence-corrected chi connectivity index (χ2v) is 6.38. The molecule has 1 heterocycles. The van der Waals surface area contributed by atoms with Gasteiger partial charge in [-0.3, -0.25) is 0 Å². The third kappa shape index (κ3) is 3.72. The Hall–Kier alpha value is -2.82. The lowest BCUT2D eigenvalue weighted by atomic mass is 10.0. The van der Waals surface area contributed by atoms with Gasteiger partial charge in [-0.05, 0) is 38.5 Å². The van der Waals surface area contributed by atoms with Gasteiger partial charge in [-0.2, -0.15) is 4.99 Å². The van der Waals surface area contributed by atoms with Gasteiger partial charge in [-0.1, -0.05) is 48.5 Å². The summed E-state index contributed by atoms with van der Waals surface area (Å²) in [6.07, 6.45) is -0.458. The molecule has 0 N–H and O–H groups in total. The molecule has 2 atom stereocenters. The smallest absolute Gasteiger partial charge is 0.333 e. The molecule has 136 valence electrons. The molecule has 26 heavy (non-hydrogen) atoms. The number of carbonyl (C=O) groups excluding carboxylic acids is 1. The first-order valence-corrected chi connectivity index (χ1v) is 8.92. The first-order chi connectivity index (χ1) is 12.6. The summed E-state index contributed by atoms with van der Waals surface area (Å²) in [7, 11) is 0. The van der Waals surface area contributed by atoms with E-state index in [1.165, 1.54) is 0 Å². The molecular weight excluding hydrogens is 328 g/mol. The van der Waals surface area contributed by atoms with Gasteiger partial charge in [0.1, 0.15) is 0 Å². The number of nitrogens with zero attached hydrogens (tertiary/aromatic N) is 2. The van der Waals surface area contributed by atoms with Crippen LogP contribution in [0.15, 0.2) is 65.7 Å². The first-order valence-electron chi connectivity index (χ1n) is 8.92. The van der Waals surface area contributed by atoms with Crippen LogP contribution in [0.25, 0.3) is 0 Å². The van der Waals surface area contributed by atoms with Crippen LogP contribution >= 0.6 is 0 Å². The summed E-state index contributed by atoms with van der Waals surface area (Å²) in [6, 6.07) is 19.2. The third-order valence-corrected chi connectivity index (χ3v) is 4.23. The lowest BCUT2D eigenvalue weighted by Crippen LogP contribution is -2.45. The van der Waals surface area contributed by atoms with Crippen molar-refractivity contribution in [1.29, 1.82) is 0 Å². The van der Waals surface area contributed by atoms with Crippen molar-refractivity contribution >= 4 is 17.7 Å². The van der Waals surface area contributed by atoms with Gasteiger partial charge in [0.25, 0.3) is 6.02 Å². The van der Waals surface area contributed by atoms with Crippen molar-refractivity contribution in [3.8, 4) is 0 Å². The topological polar surface area (TPSA) is 51.1 Å². The highest BCUT2D eigenvalue weighted by atomic mass is 16.6. The number of hydrogen-bond acceptors (Lipinski definition) is 4. The second kappa shape index (κ2) is 8.04. The number of esters is 1. The molecule has 0 bridgehead atoms. The van der Waals surface area contributed by atoms with E-state index in [-0.39, 0.29) is 12.0 Å². The zero-order valence-corrected chi connectivity index (χ0v) is 15.3. The summed E-state index contributed by atoms with van der Waals surface area (Å²) >= 11 is 0. The van der Waals surface area contributed by atoms with Gasteiger partial charge in [-0.25, -0.2) is 4.79 Å². The van der Waals surface area contributed by atoms with Crippen LogP contribution in [-0.2, 0) is 14.3 Å². The number of amidine groups is 1. The van der Waals surface area contributed by atoms with Crippen molar-refractivity contribution in [2.45, 2.75) is 39.0 Å². The largest absolute Gasteiger partial charge is 0.464 e. The molecule has 1 saturated heterocycles. The van der Waals surface area contributed by atoms with Crippen molar-refractivity contribution in [2.75, 3.05) is 6.61 Å². The molecule has 0 aliphatic carbocycles. The molecule has 1 aliphatic rings. The summed E-state index contributed by atoms with van der Waals surface area (Å²) in [5.74, 6) is -0.298. The van der Waals surface area contributed by atoms with Crippen LogP contribution < -0.4 is 0 Å². The highest BCUT2D eigenvalue weighted by Crippen LogP contribution is 2.35. The van der Waals surface area contributed by atoms with E-state index in [1.807, 2.05) is 86.3 Å². The standard InChI is InChI=1S/C21H24N2O3/c1-4-25-20(24)18-19(16-11-7-5-8-12-16)26-21(23(18)15(2)3)22-17-13-9-6-10-14-17/h5-15,18-19H,4H2,1-3H3/t18-,19+/m1/s1. The summed E-state index contributed by atoms with van der Waals surface area (Å²) in [4.78, 5) is 19.3. The molecule has 2 aromatic carbocycles. The number of carbonyl (C=O) groups is 1. The fraction of sp³-hybridized carbons (Fsp3) is 0.333. The molecule has 5 nitrogen and oxygen atoms in total. The zero-order valence-electron chi connectivity index (χ0n) is 15.3. The molecule has 0 aromatic heterocycles. The minimum absolute atomic E-state index is 0.0283. The normalized spacial score (nSPS) is 21.1. The predicted octanol–water partition coefficient (Wildman–Crippen LogP) is 4.09. The lowest BCUT2D eigenvalue weighted by Gasteiger charge is -2.27. The van der Waals surface area contributed by atoms with E-state index in [0.29, 0.717) is 12.6 Å². The van der Waals surface area contributed by atoms with E-state index >= 15 is 0 Å². The van der Waals surface area contributed by atoms with Crippen LogP contribution in [0, 0.1) is 0 Å². The Morgan fingerprint density at radius 3 is 2.31 bits per heavy atom. The molecule has 5 heteroatoms. The molecule has 0 radical (unpaired) electrons. The fourth-order valence-electron chi connectivity index (χ4n) is 3.10. The third-order valence-electron chi connectivity index (χ3n) is 4.23. The summed E-state index contributed by atoms with van der Waals surface area (Å²) in [6.45, 7) is 6.17. The van der Waals surface area contributed by atoms with Gasteiger partial charge in [0, 0.05) is 6.04 Å². The highest BCUT2D eigenvalue weighted by molar-refractivity contribution is 5.89. The van der Waals surface area contributed by atoms with E-state index in [0.717, 1.165) is 11.3 Å². The van der Waals surface area contributed by atoms with Crippen molar-refractivity contribution in [3.63, 3.8) is 0 Å². The van der Waals surface area contributed by atoms with E-state index in [4.69, 9.17) is 9.47 Å². The van der Waals surface area contributed by atoms with Gasteiger partial charge in [0.05, 0.1) is 12.3 Å². The fourth-order valence-corrected chi connectivity index (χ4v) is 3.10. The van der Waals surface area contributed by atoms with Crippen molar-refractivity contribution in [2.24, 2.45) is 4.99 Å². The average molecular weight is 352 g/mol. The van der Waals surface area contributed by atoms with Gasteiger partial charge >= 0.3 is 5.97 Å². The van der Waals surface area contributed by atoms with Crippen molar-refractivity contribution in [3.05, 3.63) is 66.2 Å². The van der Waals surface area contributed by atoms with E-state index in [9.17, 15) is 4.79 Å². The van der Waals surface area contributed by atoms with Gasteiger partial charge < -0.3 is 14.4 Å². The molecule has 2 aromatic rings. The molecule has 0 amide bonds. The molecule has 0 unspecified atom stereocenters. The summed E-state index contributed by atoms with van der Waals surface area (Å²) < 4.78 is 11.5. The maximum Gasteiger partial charge on any atom is 0.333 e. The Kier molecular flexibility index (Phi) is 5.56.